The number of carboxylic acids is 1. The van der Waals surface area contributed by atoms with Crippen LogP contribution >= 0.6 is 0 Å². The van der Waals surface area contributed by atoms with Gasteiger partial charge in [0.1, 0.15) is 0 Å². The van der Waals surface area contributed by atoms with Crippen LogP contribution in [-0.4, -0.2) is 30.3 Å². The summed E-state index contributed by atoms with van der Waals surface area (Å²) in [5.74, 6) is -1.02. The molecule has 1 rings (SSSR count). The molecule has 0 heterocycles. The van der Waals surface area contributed by atoms with Gasteiger partial charge in [-0.3, -0.25) is 0 Å². The summed E-state index contributed by atoms with van der Waals surface area (Å²) >= 11 is 0. The molecular weight excluding hydrogens is 220 g/mol. The minimum Gasteiger partial charge on any atom is -0.478 e. The Morgan fingerprint density at radius 1 is 1.59 bits per heavy atom. The van der Waals surface area contributed by atoms with Gasteiger partial charge in [0.05, 0.1) is 11.7 Å². The molecule has 1 unspecified atom stereocenters. The Balaban J connectivity index is 2.66. The van der Waals surface area contributed by atoms with Crippen molar-refractivity contribution in [1.29, 1.82) is 0 Å². The summed E-state index contributed by atoms with van der Waals surface area (Å²) in [7, 11) is 0. The quantitative estimate of drug-likeness (QED) is 0.658. The fourth-order valence-corrected chi connectivity index (χ4v) is 1.46. The van der Waals surface area contributed by atoms with Gasteiger partial charge in [-0.25, -0.2) is 4.79 Å². The van der Waals surface area contributed by atoms with Gasteiger partial charge in [0, 0.05) is 24.5 Å². The Morgan fingerprint density at radius 3 is 2.88 bits per heavy atom. The number of nitrogens with one attached hydrogen (secondary N) is 1. The number of nitrogen functional groups attached to an aromatic ring is 1. The van der Waals surface area contributed by atoms with E-state index in [9.17, 15) is 4.79 Å². The standard InChI is InChI=1S/C12H18N2O3/c1-3-17-8(2)7-14-9-4-5-11(13)10(6-9)12(15)16/h4-6,8,14H,3,7,13H2,1-2H3,(H,15,16). The molecule has 17 heavy (non-hydrogen) atoms. The summed E-state index contributed by atoms with van der Waals surface area (Å²) < 4.78 is 5.36. The number of carboxylic acid groups (broad SMARTS) is 1. The molecule has 0 fully saturated rings. The first kappa shape index (κ1) is 13.3. The van der Waals surface area contributed by atoms with Crippen molar-refractivity contribution < 1.29 is 14.6 Å². The Morgan fingerprint density at radius 2 is 2.29 bits per heavy atom. The number of hydrogen-bond donors (Lipinski definition) is 3. The smallest absolute Gasteiger partial charge is 0.337 e. The third-order valence-corrected chi connectivity index (χ3v) is 2.33. The number of hydrogen-bond acceptors (Lipinski definition) is 4. The summed E-state index contributed by atoms with van der Waals surface area (Å²) in [6, 6.07) is 4.86. The van der Waals surface area contributed by atoms with E-state index >= 15 is 0 Å². The molecule has 4 N–H and O–H groups in total. The zero-order valence-electron chi connectivity index (χ0n) is 10.1. The molecule has 0 amide bonds. The highest BCUT2D eigenvalue weighted by molar-refractivity contribution is 5.94. The van der Waals surface area contributed by atoms with Gasteiger partial charge in [-0.1, -0.05) is 0 Å². The average molecular weight is 238 g/mol. The van der Waals surface area contributed by atoms with E-state index < -0.39 is 5.97 Å². The van der Waals surface area contributed by atoms with Gasteiger partial charge < -0.3 is 20.9 Å². The molecule has 0 aromatic heterocycles. The Labute approximate surface area is 101 Å². The van der Waals surface area contributed by atoms with Crippen LogP contribution < -0.4 is 11.1 Å². The molecule has 1 atom stereocenters. The molecule has 0 saturated carbocycles. The van der Waals surface area contributed by atoms with Crippen LogP contribution in [0.4, 0.5) is 11.4 Å². The Bertz CT molecular complexity index is 393. The molecule has 0 aliphatic carbocycles. The van der Waals surface area contributed by atoms with E-state index in [0.717, 1.165) is 5.69 Å². The number of carbonyl (C=O) groups is 1. The van der Waals surface area contributed by atoms with Gasteiger partial charge in [0.25, 0.3) is 0 Å². The second-order valence-corrected chi connectivity index (χ2v) is 3.75. The lowest BCUT2D eigenvalue weighted by Crippen LogP contribution is -2.20. The molecule has 1 aromatic rings. The maximum Gasteiger partial charge on any atom is 0.337 e. The van der Waals surface area contributed by atoms with E-state index in [-0.39, 0.29) is 17.4 Å². The molecular formula is C12H18N2O3. The van der Waals surface area contributed by atoms with E-state index in [1.165, 1.54) is 6.07 Å². The molecule has 5 nitrogen and oxygen atoms in total. The molecule has 94 valence electrons. The van der Waals surface area contributed by atoms with E-state index in [2.05, 4.69) is 5.32 Å². The van der Waals surface area contributed by atoms with E-state index in [4.69, 9.17) is 15.6 Å². The van der Waals surface area contributed by atoms with Gasteiger partial charge >= 0.3 is 5.97 Å². The SMILES string of the molecule is CCOC(C)CNc1ccc(N)c(C(=O)O)c1. The van der Waals surface area contributed by atoms with Crippen LogP contribution in [-0.2, 0) is 4.74 Å². The third-order valence-electron chi connectivity index (χ3n) is 2.33. The first-order valence-electron chi connectivity index (χ1n) is 5.53. The highest BCUT2D eigenvalue weighted by Crippen LogP contribution is 2.17. The largest absolute Gasteiger partial charge is 0.478 e. The zero-order valence-corrected chi connectivity index (χ0v) is 10.1. The molecule has 0 spiro atoms. The van der Waals surface area contributed by atoms with Crippen LogP contribution in [0.2, 0.25) is 0 Å². The van der Waals surface area contributed by atoms with E-state index in [1.807, 2.05) is 13.8 Å². The maximum atomic E-state index is 10.9. The van der Waals surface area contributed by atoms with Gasteiger partial charge in [0.15, 0.2) is 0 Å². The minimum absolute atomic E-state index is 0.0748. The van der Waals surface area contributed by atoms with Crippen molar-refractivity contribution >= 4 is 17.3 Å². The highest BCUT2D eigenvalue weighted by atomic mass is 16.5. The second kappa shape index (κ2) is 6.10. The van der Waals surface area contributed by atoms with Crippen molar-refractivity contribution in [2.45, 2.75) is 20.0 Å². The number of ether oxygens (including phenoxy) is 1. The van der Waals surface area contributed by atoms with Gasteiger partial charge in [-0.2, -0.15) is 0 Å². The topological polar surface area (TPSA) is 84.6 Å². The highest BCUT2D eigenvalue weighted by Gasteiger charge is 2.09. The van der Waals surface area contributed by atoms with Gasteiger partial charge in [-0.15, -0.1) is 0 Å². The first-order valence-corrected chi connectivity index (χ1v) is 5.53. The first-order chi connectivity index (χ1) is 8.04. The predicted molar refractivity (Wildman–Crippen MR) is 67.4 cm³/mol. The number of benzene rings is 1. The van der Waals surface area contributed by atoms with Crippen molar-refractivity contribution in [3.8, 4) is 0 Å². The minimum atomic E-state index is -1.02. The van der Waals surface area contributed by atoms with Crippen LogP contribution in [0.25, 0.3) is 0 Å². The number of nitrogens with two attached hydrogens (primary N) is 1. The van der Waals surface area contributed by atoms with Gasteiger partial charge in [0.2, 0.25) is 0 Å². The lowest BCUT2D eigenvalue weighted by Gasteiger charge is -2.14. The van der Waals surface area contributed by atoms with Crippen LogP contribution in [0.15, 0.2) is 18.2 Å². The summed E-state index contributed by atoms with van der Waals surface area (Å²) in [6.07, 6.45) is 0.0748. The molecule has 0 aliphatic heterocycles. The van der Waals surface area contributed by atoms with E-state index in [1.54, 1.807) is 12.1 Å². The maximum absolute atomic E-state index is 10.9. The molecule has 0 radical (unpaired) electrons. The van der Waals surface area contributed by atoms with Crippen LogP contribution in [0.3, 0.4) is 0 Å². The molecule has 0 saturated heterocycles. The normalized spacial score (nSPS) is 12.1. The summed E-state index contributed by atoms with van der Waals surface area (Å²) in [4.78, 5) is 10.9. The van der Waals surface area contributed by atoms with Crippen LogP contribution in [0, 0.1) is 0 Å². The fraction of sp³-hybridized carbons (Fsp3) is 0.417. The van der Waals surface area contributed by atoms with Crippen LogP contribution in [0.1, 0.15) is 24.2 Å². The molecule has 5 heteroatoms. The average Bonchev–Trinajstić information content (AvgIpc) is 2.28. The third kappa shape index (κ3) is 3.96. The van der Waals surface area contributed by atoms with Crippen molar-refractivity contribution in [2.75, 3.05) is 24.2 Å². The Hall–Kier alpha value is -1.75. The number of rotatable bonds is 6. The predicted octanol–water partition coefficient (Wildman–Crippen LogP) is 1.80. The molecule has 0 bridgehead atoms. The van der Waals surface area contributed by atoms with Crippen molar-refractivity contribution in [1.82, 2.24) is 0 Å². The second-order valence-electron chi connectivity index (χ2n) is 3.75. The summed E-state index contributed by atoms with van der Waals surface area (Å²) in [6.45, 7) is 5.16. The lowest BCUT2D eigenvalue weighted by molar-refractivity contribution is 0.0698. The monoisotopic (exact) mass is 238 g/mol. The van der Waals surface area contributed by atoms with Crippen molar-refractivity contribution in [2.24, 2.45) is 0 Å². The lowest BCUT2D eigenvalue weighted by atomic mass is 10.1. The fourth-order valence-electron chi connectivity index (χ4n) is 1.46. The van der Waals surface area contributed by atoms with E-state index in [0.29, 0.717) is 13.2 Å². The molecule has 1 aromatic carbocycles. The summed E-state index contributed by atoms with van der Waals surface area (Å²) in [5, 5.41) is 12.0. The number of aromatic carboxylic acids is 1. The van der Waals surface area contributed by atoms with Crippen molar-refractivity contribution in [3.63, 3.8) is 0 Å². The number of anilines is 2. The van der Waals surface area contributed by atoms with Gasteiger partial charge in [-0.05, 0) is 32.0 Å². The summed E-state index contributed by atoms with van der Waals surface area (Å²) in [5.41, 5.74) is 6.66. The molecule has 0 aliphatic rings. The van der Waals surface area contributed by atoms with Crippen LogP contribution in [0.5, 0.6) is 0 Å². The van der Waals surface area contributed by atoms with Crippen molar-refractivity contribution in [3.05, 3.63) is 23.8 Å². The Kier molecular flexibility index (Phi) is 4.78. The zero-order chi connectivity index (χ0) is 12.8.